The van der Waals surface area contributed by atoms with Crippen LogP contribution in [0.2, 0.25) is 0 Å². The summed E-state index contributed by atoms with van der Waals surface area (Å²) in [6.07, 6.45) is 7.49. The Kier molecular flexibility index (Phi) is 7.36. The molecule has 1 aromatic carbocycles. The van der Waals surface area contributed by atoms with E-state index >= 15 is 0 Å². The molecule has 1 unspecified atom stereocenters. The molecule has 160 valence electrons. The molecule has 0 spiro atoms. The van der Waals surface area contributed by atoms with E-state index in [1.54, 1.807) is 14.2 Å². The zero-order valence-electron chi connectivity index (χ0n) is 17.8. The van der Waals surface area contributed by atoms with Gasteiger partial charge in [0.25, 0.3) is 5.91 Å². The van der Waals surface area contributed by atoms with Crippen molar-refractivity contribution in [3.63, 3.8) is 0 Å². The van der Waals surface area contributed by atoms with Gasteiger partial charge in [0.05, 0.1) is 26.3 Å². The van der Waals surface area contributed by atoms with Gasteiger partial charge in [-0.3, -0.25) is 10.1 Å². The third-order valence-electron chi connectivity index (χ3n) is 6.35. The topological polar surface area (TPSA) is 81.1 Å². The molecule has 3 amide bonds. The number of rotatable bonds is 6. The number of nitrogens with one attached hydrogen (secondary N) is 3. The Morgan fingerprint density at radius 2 is 1.83 bits per heavy atom. The van der Waals surface area contributed by atoms with Gasteiger partial charge < -0.3 is 19.7 Å². The number of quaternary nitrogens is 1. The van der Waals surface area contributed by atoms with E-state index in [9.17, 15) is 9.59 Å². The Bertz CT molecular complexity index is 718. The molecule has 3 N–H and O–H groups in total. The van der Waals surface area contributed by atoms with Gasteiger partial charge in [0.1, 0.15) is 17.5 Å². The highest BCUT2D eigenvalue weighted by Gasteiger charge is 2.39. The average molecular weight is 405 g/mol. The monoisotopic (exact) mass is 404 g/mol. The van der Waals surface area contributed by atoms with E-state index < -0.39 is 0 Å². The Morgan fingerprint density at radius 1 is 1.07 bits per heavy atom. The van der Waals surface area contributed by atoms with Crippen LogP contribution in [0.15, 0.2) is 18.2 Å². The number of methoxy groups -OCH3 is 2. The average Bonchev–Trinajstić information content (AvgIpc) is 3.22. The maximum absolute atomic E-state index is 12.8. The van der Waals surface area contributed by atoms with Gasteiger partial charge in [-0.1, -0.05) is 19.3 Å². The Hall–Kier alpha value is -2.28. The molecule has 3 atom stereocenters. The standard InChI is InChI=1S/C22H33N3O4/c1-15(21(26)24-22(27)23-16-8-5-4-6-9-16)25-13-7-10-19(25)18-12-11-17(28-2)14-20(18)29-3/h11-12,14-16,19H,4-10,13H2,1-3H3,(H2,23,24,26,27)/p+1/t15-,19+/m0/s1. The van der Waals surface area contributed by atoms with E-state index in [0.29, 0.717) is 0 Å². The molecule has 1 saturated carbocycles. The number of carbonyl (C=O) groups excluding carboxylic acids is 2. The van der Waals surface area contributed by atoms with Crippen molar-refractivity contribution >= 4 is 11.9 Å². The minimum atomic E-state index is -0.370. The summed E-state index contributed by atoms with van der Waals surface area (Å²) in [5.41, 5.74) is 1.08. The van der Waals surface area contributed by atoms with Gasteiger partial charge in [0.2, 0.25) is 0 Å². The van der Waals surface area contributed by atoms with Crippen LogP contribution >= 0.6 is 0 Å². The molecular weight excluding hydrogens is 370 g/mol. The highest BCUT2D eigenvalue weighted by atomic mass is 16.5. The number of ether oxygens (including phenoxy) is 2. The van der Waals surface area contributed by atoms with Crippen LogP contribution in [0.4, 0.5) is 4.79 Å². The Labute approximate surface area is 173 Å². The number of hydrogen-bond acceptors (Lipinski definition) is 4. The molecule has 1 aromatic rings. The van der Waals surface area contributed by atoms with Crippen molar-refractivity contribution in [1.82, 2.24) is 10.6 Å². The normalized spacial score (nSPS) is 23.3. The largest absolute Gasteiger partial charge is 0.497 e. The molecule has 0 aromatic heterocycles. The number of urea groups is 1. The number of likely N-dealkylation sites (tertiary alicyclic amines) is 1. The number of amides is 3. The second-order valence-corrected chi connectivity index (χ2v) is 8.15. The fourth-order valence-corrected chi connectivity index (χ4v) is 4.71. The second kappa shape index (κ2) is 9.96. The Balaban J connectivity index is 1.64. The molecule has 1 aliphatic carbocycles. The first-order valence-electron chi connectivity index (χ1n) is 10.7. The highest BCUT2D eigenvalue weighted by Crippen LogP contribution is 2.31. The zero-order valence-corrected chi connectivity index (χ0v) is 17.8. The smallest absolute Gasteiger partial charge is 0.321 e. The quantitative estimate of drug-likeness (QED) is 0.677. The predicted octanol–water partition coefficient (Wildman–Crippen LogP) is 1.97. The van der Waals surface area contributed by atoms with Crippen LogP contribution in [0.1, 0.15) is 63.5 Å². The van der Waals surface area contributed by atoms with E-state index in [1.807, 2.05) is 25.1 Å². The lowest BCUT2D eigenvalue weighted by atomic mass is 9.96. The molecule has 7 nitrogen and oxygen atoms in total. The summed E-state index contributed by atoms with van der Waals surface area (Å²) in [4.78, 5) is 26.2. The van der Waals surface area contributed by atoms with Gasteiger partial charge in [-0.2, -0.15) is 0 Å². The Morgan fingerprint density at radius 3 is 2.52 bits per heavy atom. The van der Waals surface area contributed by atoms with E-state index in [4.69, 9.17) is 9.47 Å². The van der Waals surface area contributed by atoms with Crippen LogP contribution in [0.3, 0.4) is 0 Å². The fraction of sp³-hybridized carbons (Fsp3) is 0.636. The molecule has 1 aliphatic heterocycles. The van der Waals surface area contributed by atoms with Gasteiger partial charge in [0.15, 0.2) is 6.04 Å². The summed E-state index contributed by atoms with van der Waals surface area (Å²) in [7, 11) is 3.28. The number of benzene rings is 1. The van der Waals surface area contributed by atoms with E-state index in [0.717, 1.165) is 67.0 Å². The van der Waals surface area contributed by atoms with Crippen LogP contribution in [-0.2, 0) is 4.79 Å². The minimum absolute atomic E-state index is 0.151. The predicted molar refractivity (Wildman–Crippen MR) is 110 cm³/mol. The van der Waals surface area contributed by atoms with E-state index in [-0.39, 0.29) is 30.1 Å². The second-order valence-electron chi connectivity index (χ2n) is 8.15. The lowest BCUT2D eigenvalue weighted by Gasteiger charge is -2.28. The van der Waals surface area contributed by atoms with Crippen LogP contribution in [-0.4, -0.2) is 44.8 Å². The first-order valence-corrected chi connectivity index (χ1v) is 10.7. The molecule has 2 fully saturated rings. The van der Waals surface area contributed by atoms with Gasteiger partial charge in [-0.05, 0) is 31.9 Å². The van der Waals surface area contributed by atoms with Crippen molar-refractivity contribution < 1.29 is 24.0 Å². The van der Waals surface area contributed by atoms with Crippen LogP contribution in [0, 0.1) is 0 Å². The van der Waals surface area contributed by atoms with Crippen molar-refractivity contribution in [3.05, 3.63) is 23.8 Å². The molecule has 1 saturated heterocycles. The van der Waals surface area contributed by atoms with Crippen molar-refractivity contribution in [3.8, 4) is 11.5 Å². The lowest BCUT2D eigenvalue weighted by molar-refractivity contribution is -0.932. The first kappa shape index (κ1) is 21.4. The van der Waals surface area contributed by atoms with Gasteiger partial charge in [-0.25, -0.2) is 4.79 Å². The summed E-state index contributed by atoms with van der Waals surface area (Å²) in [5.74, 6) is 1.29. The molecule has 29 heavy (non-hydrogen) atoms. The molecule has 1 heterocycles. The fourth-order valence-electron chi connectivity index (χ4n) is 4.71. The maximum Gasteiger partial charge on any atom is 0.321 e. The van der Waals surface area contributed by atoms with Crippen LogP contribution in [0.5, 0.6) is 11.5 Å². The molecule has 0 radical (unpaired) electrons. The van der Waals surface area contributed by atoms with Gasteiger partial charge >= 0.3 is 6.03 Å². The van der Waals surface area contributed by atoms with E-state index in [2.05, 4.69) is 10.6 Å². The number of hydrogen-bond donors (Lipinski definition) is 3. The summed E-state index contributed by atoms with van der Waals surface area (Å²) in [5, 5.41) is 5.52. The molecule has 7 heteroatoms. The molecule has 3 rings (SSSR count). The third kappa shape index (κ3) is 5.21. The summed E-state index contributed by atoms with van der Waals surface area (Å²) in [6, 6.07) is 5.47. The van der Waals surface area contributed by atoms with Crippen molar-refractivity contribution in [2.45, 2.75) is 70.0 Å². The van der Waals surface area contributed by atoms with Gasteiger partial charge in [-0.15, -0.1) is 0 Å². The zero-order chi connectivity index (χ0) is 20.8. The van der Waals surface area contributed by atoms with Crippen LogP contribution in [0.25, 0.3) is 0 Å². The third-order valence-corrected chi connectivity index (χ3v) is 6.35. The number of imide groups is 1. The lowest BCUT2D eigenvalue weighted by Crippen LogP contribution is -3.15. The van der Waals surface area contributed by atoms with Crippen molar-refractivity contribution in [2.24, 2.45) is 0 Å². The SMILES string of the molecule is COc1ccc([C@H]2CCC[NH+]2[C@@H](C)C(=O)NC(=O)NC2CCCCC2)c(OC)c1. The minimum Gasteiger partial charge on any atom is -0.497 e. The maximum atomic E-state index is 12.8. The van der Waals surface area contributed by atoms with Crippen LogP contribution < -0.4 is 25.0 Å². The van der Waals surface area contributed by atoms with Crippen molar-refractivity contribution in [2.75, 3.05) is 20.8 Å². The molecule has 2 aliphatic rings. The summed E-state index contributed by atoms with van der Waals surface area (Å²) >= 11 is 0. The molecular formula is C22H34N3O4+. The summed E-state index contributed by atoms with van der Waals surface area (Å²) < 4.78 is 10.9. The summed E-state index contributed by atoms with van der Waals surface area (Å²) in [6.45, 7) is 2.78. The molecule has 0 bridgehead atoms. The van der Waals surface area contributed by atoms with E-state index in [1.165, 1.54) is 6.42 Å². The van der Waals surface area contributed by atoms with Gasteiger partial charge in [0, 0.05) is 24.9 Å². The van der Waals surface area contributed by atoms with Crippen molar-refractivity contribution in [1.29, 1.82) is 0 Å². The number of carbonyl (C=O) groups is 2. The highest BCUT2D eigenvalue weighted by molar-refractivity contribution is 5.96. The first-order chi connectivity index (χ1) is 14.0.